The van der Waals surface area contributed by atoms with E-state index in [1.165, 1.54) is 0 Å². The van der Waals surface area contributed by atoms with Crippen LogP contribution in [0.5, 0.6) is 5.75 Å². The molecule has 4 heteroatoms. The maximum absolute atomic E-state index is 9.10. The molecule has 0 bridgehead atoms. The van der Waals surface area contributed by atoms with E-state index in [9.17, 15) is 0 Å². The number of rotatable bonds is 5. The summed E-state index contributed by atoms with van der Waals surface area (Å²) in [6.07, 6.45) is 0. The monoisotopic (exact) mass is 244 g/mol. The third kappa shape index (κ3) is 4.39. The Morgan fingerprint density at radius 3 is 2.50 bits per heavy atom. The minimum Gasteiger partial charge on any atom is -1.00 e. The van der Waals surface area contributed by atoms with E-state index in [2.05, 4.69) is 5.32 Å². The van der Waals surface area contributed by atoms with Crippen molar-refractivity contribution in [1.29, 1.82) is 0 Å². The minimum absolute atomic E-state index is 0. The first-order valence-corrected chi connectivity index (χ1v) is 5.07. The quantitative estimate of drug-likeness (QED) is 0.667. The summed E-state index contributed by atoms with van der Waals surface area (Å²) in [5, 5.41) is 12.4. The predicted molar refractivity (Wildman–Crippen MR) is 61.0 cm³/mol. The zero-order valence-corrected chi connectivity index (χ0v) is 10.7. The van der Waals surface area contributed by atoms with Gasteiger partial charge in [-0.3, -0.25) is 0 Å². The van der Waals surface area contributed by atoms with E-state index in [0.717, 1.165) is 11.3 Å². The fourth-order valence-electron chi connectivity index (χ4n) is 1.24. The highest BCUT2D eigenvalue weighted by Gasteiger charge is 2.15. The van der Waals surface area contributed by atoms with Crippen molar-refractivity contribution in [1.82, 2.24) is 5.32 Å². The first-order valence-electron chi connectivity index (χ1n) is 5.07. The Kier molecular flexibility index (Phi) is 6.41. The van der Waals surface area contributed by atoms with E-state index in [1.807, 2.05) is 38.1 Å². The maximum Gasteiger partial charge on any atom is 0.123 e. The molecule has 1 rings (SSSR count). The summed E-state index contributed by atoms with van der Waals surface area (Å²) < 4.78 is 5.24. The van der Waals surface area contributed by atoms with Crippen LogP contribution in [0.3, 0.4) is 0 Å². The molecule has 0 saturated heterocycles. The molecule has 0 heterocycles. The van der Waals surface area contributed by atoms with E-state index in [0.29, 0.717) is 6.54 Å². The molecule has 0 aliphatic heterocycles. The van der Waals surface area contributed by atoms with Crippen molar-refractivity contribution in [2.75, 3.05) is 13.7 Å². The van der Waals surface area contributed by atoms with Crippen LogP contribution in [0.25, 0.3) is 0 Å². The molecule has 16 heavy (non-hydrogen) atoms. The molecule has 92 valence electrons. The number of nitrogens with one attached hydrogen (secondary N) is 1. The first-order chi connectivity index (χ1) is 7.09. The van der Waals surface area contributed by atoms with Gasteiger partial charge in [0.2, 0.25) is 0 Å². The summed E-state index contributed by atoms with van der Waals surface area (Å²) in [5.74, 6) is 0.874. The highest BCUT2D eigenvalue weighted by atomic mass is 35.5. The average Bonchev–Trinajstić information content (AvgIpc) is 2.27. The van der Waals surface area contributed by atoms with E-state index in [4.69, 9.17) is 9.84 Å². The highest BCUT2D eigenvalue weighted by molar-refractivity contribution is 5.33. The van der Waals surface area contributed by atoms with Gasteiger partial charge in [0.25, 0.3) is 0 Å². The molecule has 1 aromatic rings. The molecule has 0 atom stereocenters. The van der Waals surface area contributed by atoms with Crippen molar-refractivity contribution >= 4 is 0 Å². The zero-order chi connectivity index (χ0) is 11.3. The highest BCUT2D eigenvalue weighted by Crippen LogP contribution is 2.17. The Bertz CT molecular complexity index is 316. The Morgan fingerprint density at radius 2 is 1.94 bits per heavy atom. The van der Waals surface area contributed by atoms with Crippen LogP contribution in [0, 0.1) is 0 Å². The molecule has 0 unspecified atom stereocenters. The molecular formula is C12H19ClNO2-. The Labute approximate surface area is 103 Å². The minimum atomic E-state index is -0.263. The van der Waals surface area contributed by atoms with Gasteiger partial charge in [-0.1, -0.05) is 18.2 Å². The third-order valence-electron chi connectivity index (χ3n) is 2.35. The smallest absolute Gasteiger partial charge is 0.123 e. The molecule has 0 amide bonds. The number of ether oxygens (including phenoxy) is 1. The van der Waals surface area contributed by atoms with Crippen LogP contribution >= 0.6 is 0 Å². The van der Waals surface area contributed by atoms with Crippen molar-refractivity contribution in [3.05, 3.63) is 29.8 Å². The number of methoxy groups -OCH3 is 1. The van der Waals surface area contributed by atoms with Crippen LogP contribution in [0.4, 0.5) is 0 Å². The van der Waals surface area contributed by atoms with Crippen molar-refractivity contribution in [3.63, 3.8) is 0 Å². The van der Waals surface area contributed by atoms with Crippen molar-refractivity contribution < 1.29 is 22.3 Å². The summed E-state index contributed by atoms with van der Waals surface area (Å²) in [6, 6.07) is 7.87. The lowest BCUT2D eigenvalue weighted by molar-refractivity contribution is -0.00000448. The number of hydrogen-bond acceptors (Lipinski definition) is 3. The summed E-state index contributed by atoms with van der Waals surface area (Å²) in [5.41, 5.74) is 0.836. The lowest BCUT2D eigenvalue weighted by Crippen LogP contribution is -3.00. The molecule has 0 radical (unpaired) electrons. The molecule has 0 aliphatic carbocycles. The number of aliphatic hydroxyl groups is 1. The Morgan fingerprint density at radius 1 is 1.31 bits per heavy atom. The van der Waals surface area contributed by atoms with E-state index >= 15 is 0 Å². The second-order valence-corrected chi connectivity index (χ2v) is 4.21. The molecule has 1 aromatic carbocycles. The fraction of sp³-hybridized carbons (Fsp3) is 0.500. The fourth-order valence-corrected chi connectivity index (χ4v) is 1.24. The van der Waals surface area contributed by atoms with Gasteiger partial charge in [-0.25, -0.2) is 0 Å². The molecule has 0 spiro atoms. The standard InChI is InChI=1S/C12H19NO2.ClH/c1-12(2,9-14)13-8-10-6-4-5-7-11(10)15-3;/h4-7,13-14H,8-9H2,1-3H3;1H/p-1. The first kappa shape index (κ1) is 15.2. The zero-order valence-electron chi connectivity index (χ0n) is 9.96. The summed E-state index contributed by atoms with van der Waals surface area (Å²) in [7, 11) is 1.66. The number of para-hydroxylation sites is 1. The Balaban J connectivity index is 0.00000225. The molecular weight excluding hydrogens is 226 g/mol. The van der Waals surface area contributed by atoms with E-state index in [-0.39, 0.29) is 24.6 Å². The lowest BCUT2D eigenvalue weighted by atomic mass is 10.1. The van der Waals surface area contributed by atoms with Crippen LogP contribution in [0.1, 0.15) is 19.4 Å². The predicted octanol–water partition coefficient (Wildman–Crippen LogP) is -1.44. The topological polar surface area (TPSA) is 41.5 Å². The number of halogens is 1. The molecule has 0 fully saturated rings. The summed E-state index contributed by atoms with van der Waals surface area (Å²) >= 11 is 0. The number of hydrogen-bond donors (Lipinski definition) is 2. The molecule has 0 aromatic heterocycles. The lowest BCUT2D eigenvalue weighted by Gasteiger charge is -2.24. The molecule has 3 nitrogen and oxygen atoms in total. The van der Waals surface area contributed by atoms with Gasteiger partial charge in [-0.15, -0.1) is 0 Å². The second-order valence-electron chi connectivity index (χ2n) is 4.21. The summed E-state index contributed by atoms with van der Waals surface area (Å²) in [6.45, 7) is 4.73. The average molecular weight is 245 g/mol. The van der Waals surface area contributed by atoms with E-state index in [1.54, 1.807) is 7.11 Å². The molecule has 0 saturated carbocycles. The Hall–Kier alpha value is -0.770. The maximum atomic E-state index is 9.10. The molecule has 2 N–H and O–H groups in total. The van der Waals surface area contributed by atoms with E-state index < -0.39 is 0 Å². The van der Waals surface area contributed by atoms with Gasteiger partial charge in [0.1, 0.15) is 5.75 Å². The number of aliphatic hydroxyl groups excluding tert-OH is 1. The van der Waals surface area contributed by atoms with Gasteiger partial charge >= 0.3 is 0 Å². The second kappa shape index (κ2) is 6.74. The SMILES string of the molecule is COc1ccccc1CNC(C)(C)CO.[Cl-]. The van der Waals surface area contributed by atoms with Gasteiger partial charge in [0, 0.05) is 17.6 Å². The van der Waals surface area contributed by atoms with Crippen LogP contribution in [0.2, 0.25) is 0 Å². The largest absolute Gasteiger partial charge is 1.00 e. The van der Waals surface area contributed by atoms with Crippen LogP contribution in [0.15, 0.2) is 24.3 Å². The third-order valence-corrected chi connectivity index (χ3v) is 2.35. The summed E-state index contributed by atoms with van der Waals surface area (Å²) in [4.78, 5) is 0. The van der Waals surface area contributed by atoms with Crippen molar-refractivity contribution in [2.24, 2.45) is 0 Å². The van der Waals surface area contributed by atoms with Crippen molar-refractivity contribution in [2.45, 2.75) is 25.9 Å². The van der Waals surface area contributed by atoms with Crippen molar-refractivity contribution in [3.8, 4) is 5.75 Å². The normalized spacial score (nSPS) is 10.8. The van der Waals surface area contributed by atoms with Gasteiger partial charge in [-0.05, 0) is 19.9 Å². The van der Waals surface area contributed by atoms with Gasteiger partial charge in [-0.2, -0.15) is 0 Å². The van der Waals surface area contributed by atoms with Crippen LogP contribution in [-0.4, -0.2) is 24.4 Å². The van der Waals surface area contributed by atoms with Gasteiger partial charge < -0.3 is 27.6 Å². The van der Waals surface area contributed by atoms with Crippen LogP contribution < -0.4 is 22.5 Å². The number of benzene rings is 1. The molecule has 0 aliphatic rings. The van der Waals surface area contributed by atoms with Crippen LogP contribution in [-0.2, 0) is 6.54 Å². The van der Waals surface area contributed by atoms with Gasteiger partial charge in [0.15, 0.2) is 0 Å². The van der Waals surface area contributed by atoms with Gasteiger partial charge in [0.05, 0.1) is 13.7 Å².